The van der Waals surface area contributed by atoms with Crippen molar-refractivity contribution in [2.24, 2.45) is 5.92 Å². The lowest BCUT2D eigenvalue weighted by Gasteiger charge is -2.13. The Morgan fingerprint density at radius 3 is 2.36 bits per heavy atom. The van der Waals surface area contributed by atoms with E-state index in [-0.39, 0.29) is 0 Å². The van der Waals surface area contributed by atoms with Gasteiger partial charge in [0.2, 0.25) is 0 Å². The zero-order valence-corrected chi connectivity index (χ0v) is 10.2. The van der Waals surface area contributed by atoms with Crippen molar-refractivity contribution in [3.05, 3.63) is 11.6 Å². The van der Waals surface area contributed by atoms with Crippen LogP contribution in [0.5, 0.6) is 0 Å². The van der Waals surface area contributed by atoms with Crippen molar-refractivity contribution in [3.8, 4) is 0 Å². The lowest BCUT2D eigenvalue weighted by atomic mass is 10.2. The summed E-state index contributed by atoms with van der Waals surface area (Å²) in [4.78, 5) is 10.7. The van der Waals surface area contributed by atoms with Gasteiger partial charge in [-0.05, 0) is 12.3 Å². The van der Waals surface area contributed by atoms with E-state index in [1.54, 1.807) is 11.8 Å². The van der Waals surface area contributed by atoms with Gasteiger partial charge in [-0.2, -0.15) is 11.8 Å². The van der Waals surface area contributed by atoms with Crippen molar-refractivity contribution < 1.29 is 9.90 Å². The minimum Gasteiger partial charge on any atom is -0.478 e. The molecule has 0 radical (unpaired) electrons. The van der Waals surface area contributed by atoms with Crippen LogP contribution < -0.4 is 0 Å². The van der Waals surface area contributed by atoms with Crippen molar-refractivity contribution in [1.82, 2.24) is 0 Å². The molecule has 1 atom stereocenters. The topological polar surface area (TPSA) is 37.3 Å². The number of hydrogen-bond donors (Lipinski definition) is 1. The molecule has 2 nitrogen and oxygen atoms in total. The molecule has 0 amide bonds. The summed E-state index contributed by atoms with van der Waals surface area (Å²) in [5.74, 6) is 0.656. The predicted octanol–water partition coefficient (Wildman–Crippen LogP) is 3.19. The third kappa shape index (κ3) is 5.32. The highest BCUT2D eigenvalue weighted by Crippen LogP contribution is 2.19. The minimum absolute atomic E-state index is 0.522. The highest BCUT2D eigenvalue weighted by molar-refractivity contribution is 8.00. The van der Waals surface area contributed by atoms with Gasteiger partial charge in [-0.1, -0.05) is 33.8 Å². The number of carboxylic acid groups (broad SMARTS) is 1. The van der Waals surface area contributed by atoms with E-state index < -0.39 is 5.97 Å². The van der Waals surface area contributed by atoms with Gasteiger partial charge in [-0.25, -0.2) is 4.79 Å². The second-order valence-electron chi connectivity index (χ2n) is 3.67. The van der Waals surface area contributed by atoms with Crippen LogP contribution in [0.3, 0.4) is 0 Å². The maximum atomic E-state index is 10.7. The maximum absolute atomic E-state index is 10.7. The van der Waals surface area contributed by atoms with Gasteiger partial charge in [0.25, 0.3) is 0 Å². The van der Waals surface area contributed by atoms with E-state index in [0.717, 1.165) is 5.75 Å². The fourth-order valence-electron chi connectivity index (χ4n) is 0.876. The molecular formula is C11H20O2S. The van der Waals surface area contributed by atoms with E-state index in [4.69, 9.17) is 5.11 Å². The molecule has 0 fully saturated rings. The van der Waals surface area contributed by atoms with Crippen molar-refractivity contribution >= 4 is 17.7 Å². The van der Waals surface area contributed by atoms with E-state index in [1.807, 2.05) is 13.0 Å². The van der Waals surface area contributed by atoms with Gasteiger partial charge in [0.1, 0.15) is 0 Å². The van der Waals surface area contributed by atoms with Crippen LogP contribution in [0, 0.1) is 5.92 Å². The molecule has 0 spiro atoms. The molecule has 0 rings (SSSR count). The van der Waals surface area contributed by atoms with Crippen LogP contribution in [-0.2, 0) is 4.79 Å². The lowest BCUT2D eigenvalue weighted by molar-refractivity contribution is -0.132. The second-order valence-corrected chi connectivity index (χ2v) is 5.08. The van der Waals surface area contributed by atoms with Gasteiger partial charge in [-0.15, -0.1) is 0 Å². The van der Waals surface area contributed by atoms with Crippen LogP contribution in [0.4, 0.5) is 0 Å². The molecule has 14 heavy (non-hydrogen) atoms. The normalized spacial score (nSPS) is 14.5. The van der Waals surface area contributed by atoms with Crippen LogP contribution in [0.1, 0.15) is 34.1 Å². The molecule has 0 saturated heterocycles. The van der Waals surface area contributed by atoms with Crippen LogP contribution in [0.25, 0.3) is 0 Å². The number of hydrogen-bond acceptors (Lipinski definition) is 2. The Kier molecular flexibility index (Phi) is 6.71. The molecule has 0 aliphatic carbocycles. The van der Waals surface area contributed by atoms with Gasteiger partial charge in [0.05, 0.1) is 0 Å². The lowest BCUT2D eigenvalue weighted by Crippen LogP contribution is -2.06. The van der Waals surface area contributed by atoms with Crippen molar-refractivity contribution in [2.75, 3.05) is 5.75 Å². The first-order valence-corrected chi connectivity index (χ1v) is 6.07. The fourth-order valence-corrected chi connectivity index (χ4v) is 1.86. The Morgan fingerprint density at radius 1 is 1.43 bits per heavy atom. The van der Waals surface area contributed by atoms with Crippen LogP contribution in [0.2, 0.25) is 0 Å². The average Bonchev–Trinajstić information content (AvgIpc) is 2.11. The molecule has 3 heteroatoms. The summed E-state index contributed by atoms with van der Waals surface area (Å²) >= 11 is 1.81. The Labute approximate surface area is 90.8 Å². The molecule has 0 heterocycles. The molecule has 0 aliphatic rings. The van der Waals surface area contributed by atoms with Crippen molar-refractivity contribution in [1.29, 1.82) is 0 Å². The Bertz CT molecular complexity index is 209. The van der Waals surface area contributed by atoms with E-state index in [1.165, 1.54) is 0 Å². The van der Waals surface area contributed by atoms with Crippen LogP contribution in [0.15, 0.2) is 11.6 Å². The quantitative estimate of drug-likeness (QED) is 0.693. The first-order chi connectivity index (χ1) is 6.49. The predicted molar refractivity (Wildman–Crippen MR) is 62.8 cm³/mol. The minimum atomic E-state index is -0.787. The van der Waals surface area contributed by atoms with Crippen LogP contribution in [-0.4, -0.2) is 22.1 Å². The summed E-state index contributed by atoms with van der Waals surface area (Å²) < 4.78 is 0. The van der Waals surface area contributed by atoms with E-state index in [0.29, 0.717) is 23.2 Å². The van der Waals surface area contributed by atoms with Gasteiger partial charge in [0, 0.05) is 16.6 Å². The third-order valence-electron chi connectivity index (χ3n) is 2.28. The van der Waals surface area contributed by atoms with Gasteiger partial charge >= 0.3 is 5.97 Å². The first-order valence-electron chi connectivity index (χ1n) is 5.03. The van der Waals surface area contributed by atoms with E-state index >= 15 is 0 Å². The molecule has 1 N–H and O–H groups in total. The molecule has 0 aromatic carbocycles. The fraction of sp³-hybridized carbons (Fsp3) is 0.727. The maximum Gasteiger partial charge on any atom is 0.331 e. The monoisotopic (exact) mass is 216 g/mol. The zero-order valence-electron chi connectivity index (χ0n) is 9.41. The molecule has 0 saturated carbocycles. The van der Waals surface area contributed by atoms with Crippen molar-refractivity contribution in [2.45, 2.75) is 39.4 Å². The zero-order chi connectivity index (χ0) is 11.1. The van der Waals surface area contributed by atoms with Gasteiger partial charge in [0.15, 0.2) is 0 Å². The van der Waals surface area contributed by atoms with Gasteiger partial charge in [-0.3, -0.25) is 0 Å². The molecule has 0 aromatic rings. The summed E-state index contributed by atoms with van der Waals surface area (Å²) in [5.41, 5.74) is 0.522. The number of rotatable bonds is 6. The Hall–Kier alpha value is -0.440. The summed E-state index contributed by atoms with van der Waals surface area (Å²) in [6.07, 6.45) is 2.43. The Morgan fingerprint density at radius 2 is 2.00 bits per heavy atom. The third-order valence-corrected chi connectivity index (χ3v) is 3.71. The number of carboxylic acids is 1. The van der Waals surface area contributed by atoms with E-state index in [9.17, 15) is 4.79 Å². The summed E-state index contributed by atoms with van der Waals surface area (Å²) in [7, 11) is 0. The van der Waals surface area contributed by atoms with Crippen molar-refractivity contribution in [3.63, 3.8) is 0 Å². The highest BCUT2D eigenvalue weighted by Gasteiger charge is 2.07. The SMILES string of the molecule is CCC(=CCSC(C)C(C)C)C(=O)O. The average molecular weight is 216 g/mol. The molecule has 0 aromatic heterocycles. The Balaban J connectivity index is 3.96. The van der Waals surface area contributed by atoms with E-state index in [2.05, 4.69) is 20.8 Å². The molecular weight excluding hydrogens is 196 g/mol. The second kappa shape index (κ2) is 6.93. The number of carbonyl (C=O) groups is 1. The molecule has 1 unspecified atom stereocenters. The number of thioether (sulfide) groups is 1. The number of aliphatic carboxylic acids is 1. The summed E-state index contributed by atoms with van der Waals surface area (Å²) in [6, 6.07) is 0. The molecule has 0 aliphatic heterocycles. The molecule has 82 valence electrons. The molecule has 0 bridgehead atoms. The largest absolute Gasteiger partial charge is 0.478 e. The highest BCUT2D eigenvalue weighted by atomic mass is 32.2. The standard InChI is InChI=1S/C11H20O2S/c1-5-10(11(12)13)6-7-14-9(4)8(2)3/h6,8-9H,5,7H2,1-4H3,(H,12,13). The summed E-state index contributed by atoms with van der Waals surface area (Å²) in [5, 5.41) is 9.35. The first kappa shape index (κ1) is 13.6. The van der Waals surface area contributed by atoms with Crippen LogP contribution >= 0.6 is 11.8 Å². The summed E-state index contributed by atoms with van der Waals surface area (Å²) in [6.45, 7) is 8.41. The smallest absolute Gasteiger partial charge is 0.331 e. The van der Waals surface area contributed by atoms with Gasteiger partial charge < -0.3 is 5.11 Å².